The van der Waals surface area contributed by atoms with Gasteiger partial charge in [0, 0.05) is 24.8 Å². The lowest BCUT2D eigenvalue weighted by Crippen LogP contribution is -1.93. The molecule has 1 aromatic carbocycles. The van der Waals surface area contributed by atoms with Crippen molar-refractivity contribution < 1.29 is 13.9 Å². The Labute approximate surface area is 141 Å². The predicted octanol–water partition coefficient (Wildman–Crippen LogP) is 4.22. The zero-order valence-electron chi connectivity index (χ0n) is 11.9. The molecule has 2 aromatic heterocycles. The third-order valence-corrected chi connectivity index (χ3v) is 4.18. The molecular weight excluding hydrogens is 339 g/mol. The molecule has 3 aromatic rings. The highest BCUT2D eigenvalue weighted by atomic mass is 35.5. The maximum absolute atomic E-state index is 13.0. The zero-order chi connectivity index (χ0) is 16.2. The highest BCUT2D eigenvalue weighted by Crippen LogP contribution is 2.33. The van der Waals surface area contributed by atoms with E-state index in [1.165, 1.54) is 23.9 Å². The first-order valence-electron chi connectivity index (χ1n) is 6.81. The van der Waals surface area contributed by atoms with E-state index < -0.39 is 0 Å². The van der Waals surface area contributed by atoms with Crippen LogP contribution in [0.2, 0.25) is 5.02 Å². The number of hydrogen-bond donors (Lipinski definition) is 1. The summed E-state index contributed by atoms with van der Waals surface area (Å²) in [6, 6.07) is 9.39. The molecule has 4 nitrogen and oxygen atoms in total. The van der Waals surface area contributed by atoms with E-state index in [0.29, 0.717) is 38.7 Å². The third-order valence-electron chi connectivity index (χ3n) is 3.00. The summed E-state index contributed by atoms with van der Waals surface area (Å²) in [6.07, 6.45) is 1.91. The van der Waals surface area contributed by atoms with Crippen LogP contribution in [0, 0.1) is 5.82 Å². The lowest BCUT2D eigenvalue weighted by molar-refractivity contribution is 0.296. The molecule has 2 heterocycles. The Kier molecular flexibility index (Phi) is 4.95. The number of benzene rings is 1. The van der Waals surface area contributed by atoms with Gasteiger partial charge in [-0.15, -0.1) is 0 Å². The molecular formula is C16H12ClFN2O2S. The number of oxazole rings is 1. The van der Waals surface area contributed by atoms with Crippen LogP contribution in [0.4, 0.5) is 4.39 Å². The van der Waals surface area contributed by atoms with E-state index in [1.807, 2.05) is 0 Å². The van der Waals surface area contributed by atoms with E-state index in [4.69, 9.17) is 16.0 Å². The van der Waals surface area contributed by atoms with Crippen LogP contribution in [-0.4, -0.2) is 21.7 Å². The van der Waals surface area contributed by atoms with Crippen molar-refractivity contribution >= 4 is 23.4 Å². The molecule has 0 aliphatic heterocycles. The molecule has 0 aliphatic rings. The molecule has 0 radical (unpaired) electrons. The number of aromatic nitrogens is 2. The minimum atomic E-state index is -0.323. The Morgan fingerprint density at radius 2 is 1.96 bits per heavy atom. The molecule has 0 spiro atoms. The SMILES string of the molecule is OCCc1nc(-c2ccc(F)cc2)oc1Sc1ccc(Cl)cn1. The van der Waals surface area contributed by atoms with E-state index in [0.717, 1.165) is 0 Å². The Morgan fingerprint density at radius 3 is 2.61 bits per heavy atom. The van der Waals surface area contributed by atoms with Gasteiger partial charge < -0.3 is 9.52 Å². The average Bonchev–Trinajstić information content (AvgIpc) is 2.93. The molecule has 3 rings (SSSR count). The fraction of sp³-hybridized carbons (Fsp3) is 0.125. The minimum Gasteiger partial charge on any atom is -0.429 e. The lowest BCUT2D eigenvalue weighted by Gasteiger charge is -1.99. The number of pyridine rings is 1. The predicted molar refractivity (Wildman–Crippen MR) is 86.1 cm³/mol. The summed E-state index contributed by atoms with van der Waals surface area (Å²) < 4.78 is 18.8. The summed E-state index contributed by atoms with van der Waals surface area (Å²) >= 11 is 7.12. The third kappa shape index (κ3) is 3.90. The number of nitrogens with zero attached hydrogens (tertiary/aromatic N) is 2. The monoisotopic (exact) mass is 350 g/mol. The van der Waals surface area contributed by atoms with Gasteiger partial charge in [-0.1, -0.05) is 11.6 Å². The van der Waals surface area contributed by atoms with E-state index in [1.54, 1.807) is 30.5 Å². The molecule has 0 saturated heterocycles. The standard InChI is InChI=1S/C16H12ClFN2O2S/c17-11-3-6-14(19-9-11)23-16-13(7-8-21)20-15(22-16)10-1-4-12(18)5-2-10/h1-6,9,21H,7-8H2. The summed E-state index contributed by atoms with van der Waals surface area (Å²) in [7, 11) is 0. The molecule has 0 saturated carbocycles. The molecule has 0 bridgehead atoms. The number of aliphatic hydroxyl groups is 1. The van der Waals surface area contributed by atoms with Crippen molar-refractivity contribution in [2.75, 3.05) is 6.61 Å². The fourth-order valence-corrected chi connectivity index (χ4v) is 2.84. The molecule has 118 valence electrons. The van der Waals surface area contributed by atoms with Gasteiger partial charge in [-0.25, -0.2) is 14.4 Å². The maximum atomic E-state index is 13.0. The van der Waals surface area contributed by atoms with Crippen molar-refractivity contribution in [1.82, 2.24) is 9.97 Å². The molecule has 1 N–H and O–H groups in total. The van der Waals surface area contributed by atoms with Gasteiger partial charge in [0.05, 0.1) is 10.7 Å². The Morgan fingerprint density at radius 1 is 1.17 bits per heavy atom. The maximum Gasteiger partial charge on any atom is 0.227 e. The van der Waals surface area contributed by atoms with Crippen LogP contribution >= 0.6 is 23.4 Å². The molecule has 0 fully saturated rings. The molecule has 0 aliphatic carbocycles. The fourth-order valence-electron chi connectivity index (χ4n) is 1.91. The smallest absolute Gasteiger partial charge is 0.227 e. The van der Waals surface area contributed by atoms with Gasteiger partial charge in [0.2, 0.25) is 5.89 Å². The van der Waals surface area contributed by atoms with Gasteiger partial charge in [0.25, 0.3) is 0 Å². The first kappa shape index (κ1) is 16.0. The zero-order valence-corrected chi connectivity index (χ0v) is 13.4. The van der Waals surface area contributed by atoms with Crippen LogP contribution in [0.15, 0.2) is 57.1 Å². The van der Waals surface area contributed by atoms with Crippen molar-refractivity contribution in [3.8, 4) is 11.5 Å². The van der Waals surface area contributed by atoms with E-state index in [9.17, 15) is 9.50 Å². The summed E-state index contributed by atoms with van der Waals surface area (Å²) in [6.45, 7) is -0.0446. The van der Waals surface area contributed by atoms with Crippen molar-refractivity contribution in [3.63, 3.8) is 0 Å². The van der Waals surface area contributed by atoms with Crippen LogP contribution in [-0.2, 0) is 6.42 Å². The van der Waals surface area contributed by atoms with Crippen LogP contribution in [0.1, 0.15) is 5.69 Å². The van der Waals surface area contributed by atoms with Crippen LogP contribution in [0.25, 0.3) is 11.5 Å². The Bertz CT molecular complexity index is 791. The topological polar surface area (TPSA) is 59.2 Å². The molecule has 23 heavy (non-hydrogen) atoms. The minimum absolute atomic E-state index is 0.0446. The van der Waals surface area contributed by atoms with Crippen molar-refractivity contribution in [2.24, 2.45) is 0 Å². The number of halogens is 2. The number of rotatable bonds is 5. The van der Waals surface area contributed by atoms with Crippen molar-refractivity contribution in [2.45, 2.75) is 16.5 Å². The van der Waals surface area contributed by atoms with Gasteiger partial charge in [0.15, 0.2) is 5.09 Å². The normalized spacial score (nSPS) is 10.9. The first-order valence-corrected chi connectivity index (χ1v) is 8.01. The van der Waals surface area contributed by atoms with E-state index in [2.05, 4.69) is 9.97 Å². The van der Waals surface area contributed by atoms with Crippen LogP contribution in [0.3, 0.4) is 0 Å². The first-order chi connectivity index (χ1) is 11.2. The van der Waals surface area contributed by atoms with Gasteiger partial charge in [-0.2, -0.15) is 0 Å². The number of hydrogen-bond acceptors (Lipinski definition) is 5. The molecule has 0 amide bonds. The van der Waals surface area contributed by atoms with E-state index in [-0.39, 0.29) is 12.4 Å². The summed E-state index contributed by atoms with van der Waals surface area (Å²) in [4.78, 5) is 8.59. The molecule has 0 atom stereocenters. The van der Waals surface area contributed by atoms with Crippen LogP contribution < -0.4 is 0 Å². The lowest BCUT2D eigenvalue weighted by atomic mass is 10.2. The second-order valence-corrected chi connectivity index (χ2v) is 6.08. The quantitative estimate of drug-likeness (QED) is 0.746. The summed E-state index contributed by atoms with van der Waals surface area (Å²) in [5.41, 5.74) is 1.30. The Balaban J connectivity index is 1.92. The van der Waals surface area contributed by atoms with Crippen LogP contribution in [0.5, 0.6) is 0 Å². The van der Waals surface area contributed by atoms with Gasteiger partial charge in [-0.3, -0.25) is 0 Å². The molecule has 0 unspecified atom stereocenters. The van der Waals surface area contributed by atoms with Gasteiger partial charge in [0.1, 0.15) is 10.8 Å². The highest BCUT2D eigenvalue weighted by Gasteiger charge is 2.16. The molecule has 7 heteroatoms. The second-order valence-electron chi connectivity index (χ2n) is 4.65. The second kappa shape index (κ2) is 7.12. The van der Waals surface area contributed by atoms with Gasteiger partial charge >= 0.3 is 0 Å². The largest absolute Gasteiger partial charge is 0.429 e. The van der Waals surface area contributed by atoms with E-state index >= 15 is 0 Å². The van der Waals surface area contributed by atoms with Crippen molar-refractivity contribution in [3.05, 3.63) is 59.1 Å². The van der Waals surface area contributed by atoms with Crippen molar-refractivity contribution in [1.29, 1.82) is 0 Å². The number of aliphatic hydroxyl groups excluding tert-OH is 1. The highest BCUT2D eigenvalue weighted by molar-refractivity contribution is 7.99. The summed E-state index contributed by atoms with van der Waals surface area (Å²) in [5.74, 6) is 0.0563. The average molecular weight is 351 g/mol. The Hall–Kier alpha value is -1.89. The van der Waals surface area contributed by atoms with Gasteiger partial charge in [-0.05, 0) is 48.2 Å². The summed E-state index contributed by atoms with van der Waals surface area (Å²) in [5, 5.41) is 11.0.